The largest absolute Gasteiger partial charge is 0.508 e. The van der Waals surface area contributed by atoms with Crippen LogP contribution in [0, 0.1) is 5.82 Å². The molecule has 4 N–H and O–H groups in total. The fourth-order valence-corrected chi connectivity index (χ4v) is 4.78. The van der Waals surface area contributed by atoms with E-state index in [4.69, 9.17) is 0 Å². The number of hydrogen-bond donors (Lipinski definition) is 4. The summed E-state index contributed by atoms with van der Waals surface area (Å²) in [7, 11) is 0. The van der Waals surface area contributed by atoms with Gasteiger partial charge in [0.1, 0.15) is 17.3 Å². The molecule has 4 heterocycles. The predicted octanol–water partition coefficient (Wildman–Crippen LogP) is 5.08. The highest BCUT2D eigenvalue weighted by atomic mass is 19.1. The number of nitrogens with zero attached hydrogens (tertiary/aromatic N) is 2. The summed E-state index contributed by atoms with van der Waals surface area (Å²) in [5.74, 6) is -0.0458. The molecule has 1 saturated heterocycles. The van der Waals surface area contributed by atoms with E-state index in [1.165, 1.54) is 11.6 Å². The van der Waals surface area contributed by atoms with Crippen molar-refractivity contribution >= 4 is 21.8 Å². The average molecular weight is 427 g/mol. The molecule has 0 saturated carbocycles. The van der Waals surface area contributed by atoms with Crippen LogP contribution in [0.25, 0.3) is 44.3 Å². The molecule has 3 aromatic heterocycles. The number of fused-ring (bicyclic) bond motifs is 2. The van der Waals surface area contributed by atoms with Crippen LogP contribution in [0.3, 0.4) is 0 Å². The number of aromatic amines is 2. The average Bonchev–Trinajstić information content (AvgIpc) is 3.42. The quantitative estimate of drug-likeness (QED) is 0.323. The van der Waals surface area contributed by atoms with Gasteiger partial charge in [0.2, 0.25) is 0 Å². The second-order valence-electron chi connectivity index (χ2n) is 8.43. The van der Waals surface area contributed by atoms with E-state index in [1.807, 2.05) is 6.07 Å². The molecule has 1 fully saturated rings. The number of aromatic nitrogens is 4. The summed E-state index contributed by atoms with van der Waals surface area (Å²) in [6.07, 6.45) is 5.71. The Kier molecular flexibility index (Phi) is 4.43. The molecule has 32 heavy (non-hydrogen) atoms. The smallest absolute Gasteiger partial charge is 0.127 e. The molecular formula is C25H22FN5O. The zero-order chi connectivity index (χ0) is 21.7. The van der Waals surface area contributed by atoms with Crippen molar-refractivity contribution in [1.82, 2.24) is 25.5 Å². The van der Waals surface area contributed by atoms with E-state index in [2.05, 4.69) is 43.7 Å². The fraction of sp³-hybridized carbons (Fsp3) is 0.200. The minimum atomic E-state index is -0.489. The summed E-state index contributed by atoms with van der Waals surface area (Å²) < 4.78 is 13.9. The lowest BCUT2D eigenvalue weighted by atomic mass is 9.89. The third-order valence-corrected chi connectivity index (χ3v) is 6.39. The molecule has 0 amide bonds. The minimum absolute atomic E-state index is 0.114. The Morgan fingerprint density at radius 1 is 0.938 bits per heavy atom. The highest BCUT2D eigenvalue weighted by Gasteiger charge is 2.18. The molecule has 7 heteroatoms. The van der Waals surface area contributed by atoms with E-state index in [1.54, 1.807) is 18.5 Å². The van der Waals surface area contributed by atoms with Crippen LogP contribution in [0.4, 0.5) is 4.39 Å². The zero-order valence-corrected chi connectivity index (χ0v) is 17.3. The summed E-state index contributed by atoms with van der Waals surface area (Å²) in [6.45, 7) is 2.10. The Hall–Kier alpha value is -3.71. The van der Waals surface area contributed by atoms with Crippen molar-refractivity contribution in [3.05, 3.63) is 66.2 Å². The normalized spacial score (nSPS) is 15.0. The second kappa shape index (κ2) is 7.46. The molecule has 0 radical (unpaired) electrons. The van der Waals surface area contributed by atoms with Gasteiger partial charge in [0.05, 0.1) is 22.9 Å². The molecule has 0 aliphatic carbocycles. The summed E-state index contributed by atoms with van der Waals surface area (Å²) >= 11 is 0. The summed E-state index contributed by atoms with van der Waals surface area (Å²) in [6, 6.07) is 12.6. The topological polar surface area (TPSA) is 89.6 Å². The van der Waals surface area contributed by atoms with Crippen LogP contribution in [-0.2, 0) is 0 Å². The molecule has 2 aromatic carbocycles. The van der Waals surface area contributed by atoms with Crippen LogP contribution in [0.15, 0.2) is 54.9 Å². The molecule has 1 aliphatic heterocycles. The van der Waals surface area contributed by atoms with E-state index >= 15 is 0 Å². The Balaban J connectivity index is 1.47. The van der Waals surface area contributed by atoms with Crippen molar-refractivity contribution in [2.75, 3.05) is 13.1 Å². The van der Waals surface area contributed by atoms with Gasteiger partial charge < -0.3 is 15.4 Å². The van der Waals surface area contributed by atoms with Gasteiger partial charge in [-0.1, -0.05) is 6.07 Å². The highest BCUT2D eigenvalue weighted by molar-refractivity contribution is 6.00. The van der Waals surface area contributed by atoms with Gasteiger partial charge >= 0.3 is 0 Å². The number of benzene rings is 2. The van der Waals surface area contributed by atoms with E-state index in [0.29, 0.717) is 11.5 Å². The van der Waals surface area contributed by atoms with E-state index in [-0.39, 0.29) is 5.75 Å². The van der Waals surface area contributed by atoms with Gasteiger partial charge in [0, 0.05) is 28.6 Å². The van der Waals surface area contributed by atoms with Crippen LogP contribution in [-0.4, -0.2) is 38.4 Å². The van der Waals surface area contributed by atoms with Gasteiger partial charge in [0.25, 0.3) is 0 Å². The first-order chi connectivity index (χ1) is 15.7. The van der Waals surface area contributed by atoms with Crippen LogP contribution in [0.1, 0.15) is 24.3 Å². The third kappa shape index (κ3) is 3.22. The van der Waals surface area contributed by atoms with Crippen molar-refractivity contribution in [1.29, 1.82) is 0 Å². The number of halogens is 1. The molecule has 0 spiro atoms. The Morgan fingerprint density at radius 3 is 2.66 bits per heavy atom. The summed E-state index contributed by atoms with van der Waals surface area (Å²) in [5.41, 5.74) is 6.19. The number of aromatic hydroxyl groups is 1. The van der Waals surface area contributed by atoms with Crippen LogP contribution >= 0.6 is 0 Å². The summed E-state index contributed by atoms with van der Waals surface area (Å²) in [5, 5.41) is 23.0. The van der Waals surface area contributed by atoms with Gasteiger partial charge in [-0.05, 0) is 73.3 Å². The maximum absolute atomic E-state index is 13.9. The van der Waals surface area contributed by atoms with Gasteiger partial charge in [-0.3, -0.25) is 10.1 Å². The number of phenolic OH excluding ortho intramolecular Hbond substituents is 1. The second-order valence-corrected chi connectivity index (χ2v) is 8.43. The lowest BCUT2D eigenvalue weighted by molar-refractivity contribution is 0.460. The van der Waals surface area contributed by atoms with Crippen molar-refractivity contribution in [2.45, 2.75) is 18.8 Å². The lowest BCUT2D eigenvalue weighted by Crippen LogP contribution is -2.26. The first kappa shape index (κ1) is 19.0. The number of piperidine rings is 1. The third-order valence-electron chi connectivity index (χ3n) is 6.39. The molecule has 5 aromatic rings. The standard InChI is InChI=1S/C25H22FN5O/c26-17-7-16(8-18(32)10-17)21-12-28-13-24-19(21)11-23(29-24)25-20-9-15(1-2-22(20)30-31-25)14-3-5-27-6-4-14/h1-2,7-14,27,29,32H,3-6H2,(H,30,31). The van der Waals surface area contributed by atoms with Gasteiger partial charge in [0.15, 0.2) is 0 Å². The monoisotopic (exact) mass is 427 g/mol. The summed E-state index contributed by atoms with van der Waals surface area (Å²) in [4.78, 5) is 7.73. The maximum atomic E-state index is 13.9. The number of phenols is 1. The molecule has 0 bridgehead atoms. The Bertz CT molecular complexity index is 1430. The molecule has 0 unspecified atom stereocenters. The number of pyridine rings is 1. The van der Waals surface area contributed by atoms with Crippen molar-refractivity contribution in [3.63, 3.8) is 0 Å². The molecule has 6 nitrogen and oxygen atoms in total. The highest BCUT2D eigenvalue weighted by Crippen LogP contribution is 2.36. The lowest BCUT2D eigenvalue weighted by Gasteiger charge is -2.23. The number of hydrogen-bond acceptors (Lipinski definition) is 4. The maximum Gasteiger partial charge on any atom is 0.127 e. The Morgan fingerprint density at radius 2 is 1.81 bits per heavy atom. The van der Waals surface area contributed by atoms with E-state index < -0.39 is 5.82 Å². The van der Waals surface area contributed by atoms with Crippen molar-refractivity contribution in [3.8, 4) is 28.3 Å². The van der Waals surface area contributed by atoms with E-state index in [9.17, 15) is 9.50 Å². The van der Waals surface area contributed by atoms with Crippen LogP contribution in [0.5, 0.6) is 5.75 Å². The fourth-order valence-electron chi connectivity index (χ4n) is 4.78. The molecule has 6 rings (SSSR count). The van der Waals surface area contributed by atoms with Crippen LogP contribution < -0.4 is 5.32 Å². The zero-order valence-electron chi connectivity index (χ0n) is 17.3. The molecule has 0 atom stereocenters. The van der Waals surface area contributed by atoms with Crippen LogP contribution in [0.2, 0.25) is 0 Å². The van der Waals surface area contributed by atoms with Gasteiger partial charge in [-0.15, -0.1) is 0 Å². The molecule has 1 aliphatic rings. The van der Waals surface area contributed by atoms with Crippen molar-refractivity contribution < 1.29 is 9.50 Å². The first-order valence-electron chi connectivity index (χ1n) is 10.8. The number of rotatable bonds is 3. The van der Waals surface area contributed by atoms with Gasteiger partial charge in [-0.25, -0.2) is 4.39 Å². The first-order valence-corrected chi connectivity index (χ1v) is 10.8. The molecule has 160 valence electrons. The number of H-pyrrole nitrogens is 2. The minimum Gasteiger partial charge on any atom is -0.508 e. The SMILES string of the molecule is Oc1cc(F)cc(-c2cncc3[nH]c(-c4n[nH]c5ccc(C6CCNCC6)cc45)cc23)c1. The van der Waals surface area contributed by atoms with Crippen molar-refractivity contribution in [2.24, 2.45) is 0 Å². The molecular weight excluding hydrogens is 405 g/mol. The number of nitrogens with one attached hydrogen (secondary N) is 3. The van der Waals surface area contributed by atoms with Gasteiger partial charge in [-0.2, -0.15) is 5.10 Å². The predicted molar refractivity (Wildman–Crippen MR) is 123 cm³/mol. The van der Waals surface area contributed by atoms with E-state index in [0.717, 1.165) is 70.8 Å². The Labute approximate surface area is 183 Å².